The van der Waals surface area contributed by atoms with Crippen molar-refractivity contribution in [2.75, 3.05) is 0 Å². The lowest BCUT2D eigenvalue weighted by atomic mass is 9.96. The molecule has 4 rings (SSSR count). The molecule has 0 aliphatic carbocycles. The van der Waals surface area contributed by atoms with E-state index in [-0.39, 0.29) is 0 Å². The fraction of sp³-hybridized carbons (Fsp3) is 0.125. The average Bonchev–Trinajstić information content (AvgIpc) is 2.63. The Balaban J connectivity index is 1.67. The molecule has 1 aromatic heterocycles. The second-order valence-electron chi connectivity index (χ2n) is 6.63. The van der Waals surface area contributed by atoms with Gasteiger partial charge in [0.25, 0.3) is 0 Å². The number of benzene rings is 3. The molecule has 0 spiro atoms. The Morgan fingerprint density at radius 2 is 1.48 bits per heavy atom. The summed E-state index contributed by atoms with van der Waals surface area (Å²) in [5.74, 6) is 0. The number of hydrogen-bond acceptors (Lipinski definition) is 1. The minimum absolute atomic E-state index is 0.928. The molecule has 0 saturated heterocycles. The van der Waals surface area contributed by atoms with Crippen molar-refractivity contribution in [2.24, 2.45) is 0 Å². The Morgan fingerprint density at radius 1 is 0.760 bits per heavy atom. The van der Waals surface area contributed by atoms with E-state index in [1.807, 2.05) is 0 Å². The van der Waals surface area contributed by atoms with Crippen LogP contribution >= 0.6 is 0 Å². The van der Waals surface area contributed by atoms with Crippen molar-refractivity contribution in [1.29, 1.82) is 0 Å². The summed E-state index contributed by atoms with van der Waals surface area (Å²) < 4.78 is 0. The second-order valence-corrected chi connectivity index (χ2v) is 6.63. The van der Waals surface area contributed by atoms with Gasteiger partial charge in [0, 0.05) is 11.1 Å². The fourth-order valence-corrected chi connectivity index (χ4v) is 3.46. The fourth-order valence-electron chi connectivity index (χ4n) is 3.46. The first-order valence-electron chi connectivity index (χ1n) is 8.71. The summed E-state index contributed by atoms with van der Waals surface area (Å²) in [6.45, 7) is 4.23. The lowest BCUT2D eigenvalue weighted by molar-refractivity contribution is 1.16. The first-order chi connectivity index (χ1) is 12.2. The summed E-state index contributed by atoms with van der Waals surface area (Å²) in [5.41, 5.74) is 8.71. The van der Waals surface area contributed by atoms with Crippen LogP contribution in [0.2, 0.25) is 0 Å². The number of hydrogen-bond donors (Lipinski definition) is 0. The number of fused-ring (bicyclic) bond motifs is 1. The largest absolute Gasteiger partial charge is 0.253 e. The maximum absolute atomic E-state index is 4.64. The van der Waals surface area contributed by atoms with E-state index >= 15 is 0 Å². The first kappa shape index (κ1) is 15.6. The van der Waals surface area contributed by atoms with Crippen molar-refractivity contribution in [3.05, 3.63) is 101 Å². The number of aromatic nitrogens is 1. The van der Waals surface area contributed by atoms with Gasteiger partial charge in [0.15, 0.2) is 0 Å². The molecule has 0 amide bonds. The van der Waals surface area contributed by atoms with Gasteiger partial charge in [0.2, 0.25) is 0 Å². The molecule has 0 fully saturated rings. The standard InChI is InChI=1S/C24H21N/c1-17-7-3-4-8-22(17)20-13-11-19(12-14-20)16-21-15-18(2)25-24-10-6-5-9-23(21)24/h3-15H,16H2,1-2H3. The van der Waals surface area contributed by atoms with Crippen molar-refractivity contribution in [1.82, 2.24) is 4.98 Å². The molecule has 0 aliphatic heterocycles. The third-order valence-electron chi connectivity index (χ3n) is 4.73. The molecule has 0 atom stereocenters. The predicted octanol–water partition coefficient (Wildman–Crippen LogP) is 6.11. The van der Waals surface area contributed by atoms with Crippen LogP contribution in [-0.4, -0.2) is 4.98 Å². The third-order valence-corrected chi connectivity index (χ3v) is 4.73. The highest BCUT2D eigenvalue weighted by Gasteiger charge is 2.06. The monoisotopic (exact) mass is 323 g/mol. The lowest BCUT2D eigenvalue weighted by Crippen LogP contribution is -1.94. The number of nitrogens with zero attached hydrogens (tertiary/aromatic N) is 1. The van der Waals surface area contributed by atoms with E-state index in [0.717, 1.165) is 17.6 Å². The summed E-state index contributed by atoms with van der Waals surface area (Å²) in [7, 11) is 0. The van der Waals surface area contributed by atoms with Gasteiger partial charge in [0.05, 0.1) is 5.52 Å². The predicted molar refractivity (Wildman–Crippen MR) is 106 cm³/mol. The van der Waals surface area contributed by atoms with Gasteiger partial charge in [-0.05, 0) is 60.2 Å². The van der Waals surface area contributed by atoms with Gasteiger partial charge in [0.1, 0.15) is 0 Å². The highest BCUT2D eigenvalue weighted by molar-refractivity contribution is 5.82. The van der Waals surface area contributed by atoms with E-state index in [1.165, 1.54) is 33.2 Å². The van der Waals surface area contributed by atoms with Crippen LogP contribution < -0.4 is 0 Å². The van der Waals surface area contributed by atoms with Crippen LogP contribution in [0.5, 0.6) is 0 Å². The minimum atomic E-state index is 0.928. The van der Waals surface area contributed by atoms with Crippen LogP contribution in [0, 0.1) is 13.8 Å². The summed E-state index contributed by atoms with van der Waals surface area (Å²) in [6.07, 6.45) is 0.928. The molecule has 1 nitrogen and oxygen atoms in total. The molecule has 3 aromatic carbocycles. The highest BCUT2D eigenvalue weighted by Crippen LogP contribution is 2.25. The molecule has 0 bridgehead atoms. The van der Waals surface area contributed by atoms with Crippen LogP contribution in [0.25, 0.3) is 22.0 Å². The zero-order valence-corrected chi connectivity index (χ0v) is 14.7. The van der Waals surface area contributed by atoms with Crippen LogP contribution in [0.15, 0.2) is 78.9 Å². The zero-order chi connectivity index (χ0) is 17.2. The summed E-state index contributed by atoms with van der Waals surface area (Å²) in [4.78, 5) is 4.64. The molecule has 4 aromatic rings. The van der Waals surface area contributed by atoms with Gasteiger partial charge in [-0.15, -0.1) is 0 Å². The molecule has 0 radical (unpaired) electrons. The van der Waals surface area contributed by atoms with Crippen LogP contribution in [0.4, 0.5) is 0 Å². The summed E-state index contributed by atoms with van der Waals surface area (Å²) in [5, 5.41) is 1.25. The molecule has 1 heteroatoms. The van der Waals surface area contributed by atoms with Gasteiger partial charge in [-0.3, -0.25) is 4.98 Å². The number of aryl methyl sites for hydroxylation is 2. The van der Waals surface area contributed by atoms with Crippen molar-refractivity contribution in [3.63, 3.8) is 0 Å². The Bertz CT molecular complexity index is 1030. The molecular formula is C24H21N. The van der Waals surface area contributed by atoms with Crippen molar-refractivity contribution in [2.45, 2.75) is 20.3 Å². The normalized spacial score (nSPS) is 11.0. The molecule has 1 heterocycles. The van der Waals surface area contributed by atoms with Gasteiger partial charge >= 0.3 is 0 Å². The lowest BCUT2D eigenvalue weighted by Gasteiger charge is -2.10. The highest BCUT2D eigenvalue weighted by atomic mass is 14.7. The van der Waals surface area contributed by atoms with E-state index in [9.17, 15) is 0 Å². The Morgan fingerprint density at radius 3 is 2.28 bits per heavy atom. The smallest absolute Gasteiger partial charge is 0.0708 e. The van der Waals surface area contributed by atoms with Crippen molar-refractivity contribution >= 4 is 10.9 Å². The topological polar surface area (TPSA) is 12.9 Å². The number of pyridine rings is 1. The maximum atomic E-state index is 4.64. The van der Waals surface area contributed by atoms with Gasteiger partial charge in [-0.1, -0.05) is 66.7 Å². The average molecular weight is 323 g/mol. The van der Waals surface area contributed by atoms with Gasteiger partial charge < -0.3 is 0 Å². The summed E-state index contributed by atoms with van der Waals surface area (Å²) in [6, 6.07) is 28.1. The van der Waals surface area contributed by atoms with Gasteiger partial charge in [-0.25, -0.2) is 0 Å². The molecule has 0 aliphatic rings. The molecular weight excluding hydrogens is 302 g/mol. The Labute approximate surface area is 149 Å². The molecule has 0 N–H and O–H groups in total. The van der Waals surface area contributed by atoms with Crippen LogP contribution in [0.3, 0.4) is 0 Å². The van der Waals surface area contributed by atoms with E-state index < -0.39 is 0 Å². The van der Waals surface area contributed by atoms with E-state index in [0.29, 0.717) is 0 Å². The zero-order valence-electron chi connectivity index (χ0n) is 14.7. The third kappa shape index (κ3) is 3.18. The number of para-hydroxylation sites is 1. The van der Waals surface area contributed by atoms with Crippen molar-refractivity contribution in [3.8, 4) is 11.1 Å². The van der Waals surface area contributed by atoms with E-state index in [2.05, 4.69) is 97.7 Å². The van der Waals surface area contributed by atoms with E-state index in [4.69, 9.17) is 0 Å². The van der Waals surface area contributed by atoms with Crippen LogP contribution in [-0.2, 0) is 6.42 Å². The molecule has 25 heavy (non-hydrogen) atoms. The molecule has 0 saturated carbocycles. The van der Waals surface area contributed by atoms with E-state index in [1.54, 1.807) is 0 Å². The minimum Gasteiger partial charge on any atom is -0.253 e. The first-order valence-corrected chi connectivity index (χ1v) is 8.71. The number of rotatable bonds is 3. The maximum Gasteiger partial charge on any atom is 0.0708 e. The molecule has 0 unspecified atom stereocenters. The second kappa shape index (κ2) is 6.52. The quantitative estimate of drug-likeness (QED) is 0.443. The van der Waals surface area contributed by atoms with Gasteiger partial charge in [-0.2, -0.15) is 0 Å². The molecule has 122 valence electrons. The summed E-state index contributed by atoms with van der Waals surface area (Å²) >= 11 is 0. The Kier molecular flexibility index (Phi) is 4.07. The SMILES string of the molecule is Cc1cc(Cc2ccc(-c3ccccc3C)cc2)c2ccccc2n1. The Hall–Kier alpha value is -2.93. The van der Waals surface area contributed by atoms with Crippen molar-refractivity contribution < 1.29 is 0 Å². The van der Waals surface area contributed by atoms with Crippen LogP contribution in [0.1, 0.15) is 22.4 Å².